The molecule has 1 aromatic heterocycles. The van der Waals surface area contributed by atoms with Gasteiger partial charge in [-0.25, -0.2) is 9.97 Å². The Kier molecular flexibility index (Phi) is 10.8. The average molecular weight is 786 g/mol. The fraction of sp³-hybridized carbons (Fsp3) is 0.511. The van der Waals surface area contributed by atoms with Crippen molar-refractivity contribution in [3.05, 3.63) is 89.0 Å². The van der Waals surface area contributed by atoms with Crippen LogP contribution in [-0.2, 0) is 11.3 Å². The van der Waals surface area contributed by atoms with Crippen molar-refractivity contribution < 1.29 is 19.1 Å². The number of hydrogen-bond donors (Lipinski definition) is 1. The van der Waals surface area contributed by atoms with Gasteiger partial charge in [-0.15, -0.1) is 0 Å². The number of aromatic nitrogens is 2. The SMILES string of the molecule is C=C1CCC(N2C(=O)c3ccc(N4CCC(CN5CC[C@H](CCN6CCN(c7cc(C8=NCc9ccc(OC(C)C)cc98)ncn7)CC6)C5)CC4)cc3C2=O)C(=O)N1. The van der Waals surface area contributed by atoms with Gasteiger partial charge in [-0.2, -0.15) is 0 Å². The topological polar surface area (TPSA) is 127 Å². The van der Waals surface area contributed by atoms with Crippen molar-refractivity contribution in [2.75, 3.05) is 75.2 Å². The number of fused-ring (bicyclic) bond motifs is 2. The number of nitrogens with one attached hydrogen (secondary N) is 1. The van der Waals surface area contributed by atoms with E-state index in [1.165, 1.54) is 31.5 Å². The van der Waals surface area contributed by atoms with E-state index in [1.807, 2.05) is 32.0 Å². The number of carbonyl (C=O) groups excluding carboxylic acids is 3. The number of aliphatic imine (C=N–C) groups is 1. The van der Waals surface area contributed by atoms with E-state index in [-0.39, 0.29) is 23.8 Å². The lowest BCUT2D eigenvalue weighted by atomic mass is 9.95. The van der Waals surface area contributed by atoms with Crippen molar-refractivity contribution in [2.45, 2.75) is 71.1 Å². The standard InChI is InChI=1S/C45H55N9O4/c1-29(2)58-35-7-5-33-25-46-42(37(33)23-35)39-24-41(48-28-47-39)53-20-18-50(19-21-53)14-10-31-11-15-51(26-31)27-32-12-16-52(17-13-32)34-6-8-36-38(22-34)45(57)54(44(36)56)40-9-4-30(3)49-43(40)55/h5-8,22-24,28-29,31-32,40H,3-4,9-21,25-27H2,1-2H3,(H,49,55)/t31-,40?/m0/s1. The third-order valence-corrected chi connectivity index (χ3v) is 13.0. The number of benzene rings is 2. The summed E-state index contributed by atoms with van der Waals surface area (Å²) in [6.45, 7) is 19.1. The number of piperazine rings is 1. The second-order valence-corrected chi connectivity index (χ2v) is 17.2. The minimum absolute atomic E-state index is 0.116. The molecule has 13 heteroatoms. The molecule has 58 heavy (non-hydrogen) atoms. The number of ether oxygens (including phenoxy) is 1. The van der Waals surface area contributed by atoms with Crippen LogP contribution in [0.25, 0.3) is 0 Å². The number of nitrogens with zero attached hydrogens (tertiary/aromatic N) is 8. The van der Waals surface area contributed by atoms with Crippen LogP contribution in [0.15, 0.2) is 66.1 Å². The van der Waals surface area contributed by atoms with Crippen LogP contribution in [0.2, 0.25) is 0 Å². The van der Waals surface area contributed by atoms with E-state index in [1.54, 1.807) is 12.4 Å². The van der Waals surface area contributed by atoms with E-state index < -0.39 is 6.04 Å². The molecule has 0 spiro atoms. The van der Waals surface area contributed by atoms with Crippen molar-refractivity contribution in [2.24, 2.45) is 16.8 Å². The first-order chi connectivity index (χ1) is 28.2. The minimum Gasteiger partial charge on any atom is -0.491 e. The fourth-order valence-corrected chi connectivity index (χ4v) is 9.73. The Morgan fingerprint density at radius 3 is 2.40 bits per heavy atom. The van der Waals surface area contributed by atoms with Crippen LogP contribution in [0.4, 0.5) is 11.5 Å². The molecule has 1 N–H and O–H groups in total. The highest BCUT2D eigenvalue weighted by Gasteiger charge is 2.44. The Morgan fingerprint density at radius 1 is 0.810 bits per heavy atom. The fourth-order valence-electron chi connectivity index (χ4n) is 9.73. The second kappa shape index (κ2) is 16.2. The van der Waals surface area contributed by atoms with E-state index in [0.29, 0.717) is 42.1 Å². The van der Waals surface area contributed by atoms with Crippen LogP contribution in [0, 0.1) is 11.8 Å². The van der Waals surface area contributed by atoms with Crippen LogP contribution in [-0.4, -0.2) is 126 Å². The molecule has 2 aromatic carbocycles. The van der Waals surface area contributed by atoms with Gasteiger partial charge in [0.25, 0.3) is 11.8 Å². The summed E-state index contributed by atoms with van der Waals surface area (Å²) in [4.78, 5) is 64.5. The van der Waals surface area contributed by atoms with Gasteiger partial charge in [0.2, 0.25) is 5.91 Å². The van der Waals surface area contributed by atoms with Gasteiger partial charge in [0, 0.05) is 75.4 Å². The number of likely N-dealkylation sites (tertiary alicyclic amines) is 1. The Balaban J connectivity index is 0.705. The van der Waals surface area contributed by atoms with Gasteiger partial charge >= 0.3 is 0 Å². The molecule has 0 aliphatic carbocycles. The molecule has 0 saturated carbocycles. The maximum Gasteiger partial charge on any atom is 0.262 e. The zero-order valence-corrected chi connectivity index (χ0v) is 33.9. The highest BCUT2D eigenvalue weighted by Crippen LogP contribution is 2.34. The summed E-state index contributed by atoms with van der Waals surface area (Å²) in [7, 11) is 0. The summed E-state index contributed by atoms with van der Waals surface area (Å²) in [6, 6.07) is 13.1. The van der Waals surface area contributed by atoms with Gasteiger partial charge in [0.1, 0.15) is 23.9 Å². The van der Waals surface area contributed by atoms with E-state index in [0.717, 1.165) is 110 Å². The van der Waals surface area contributed by atoms with E-state index >= 15 is 0 Å². The van der Waals surface area contributed by atoms with Gasteiger partial charge in [0.05, 0.1) is 35.2 Å². The van der Waals surface area contributed by atoms with Crippen molar-refractivity contribution in [1.82, 2.24) is 30.0 Å². The van der Waals surface area contributed by atoms with Gasteiger partial charge in [-0.1, -0.05) is 12.6 Å². The molecule has 9 rings (SSSR count). The maximum absolute atomic E-state index is 13.4. The summed E-state index contributed by atoms with van der Waals surface area (Å²) in [6.07, 6.45) is 7.49. The van der Waals surface area contributed by atoms with Crippen molar-refractivity contribution in [1.29, 1.82) is 0 Å². The Bertz CT molecular complexity index is 2120. The maximum atomic E-state index is 13.4. The van der Waals surface area contributed by atoms with Gasteiger partial charge in [0.15, 0.2) is 0 Å². The number of amides is 3. The van der Waals surface area contributed by atoms with Crippen LogP contribution >= 0.6 is 0 Å². The number of carbonyl (C=O) groups is 3. The highest BCUT2D eigenvalue weighted by molar-refractivity contribution is 6.23. The van der Waals surface area contributed by atoms with Crippen LogP contribution in [0.1, 0.15) is 89.9 Å². The van der Waals surface area contributed by atoms with Crippen molar-refractivity contribution >= 4 is 34.9 Å². The summed E-state index contributed by atoms with van der Waals surface area (Å²) in [5, 5.41) is 2.71. The van der Waals surface area contributed by atoms with E-state index in [9.17, 15) is 14.4 Å². The molecule has 2 atom stereocenters. The number of anilines is 2. The number of rotatable bonds is 11. The van der Waals surface area contributed by atoms with Crippen LogP contribution in [0.3, 0.4) is 0 Å². The molecule has 6 aliphatic heterocycles. The Labute approximate surface area is 341 Å². The molecule has 6 aliphatic rings. The summed E-state index contributed by atoms with van der Waals surface area (Å²) < 4.78 is 5.96. The zero-order chi connectivity index (χ0) is 39.9. The lowest BCUT2D eigenvalue weighted by Gasteiger charge is -2.36. The smallest absolute Gasteiger partial charge is 0.262 e. The second-order valence-electron chi connectivity index (χ2n) is 17.2. The molecule has 4 saturated heterocycles. The molecule has 1 unspecified atom stereocenters. The first kappa shape index (κ1) is 38.4. The number of piperidine rings is 2. The molecule has 0 radical (unpaired) electrons. The van der Waals surface area contributed by atoms with Crippen LogP contribution in [0.5, 0.6) is 5.75 Å². The molecule has 3 amide bonds. The summed E-state index contributed by atoms with van der Waals surface area (Å²) >= 11 is 0. The third kappa shape index (κ3) is 7.86. The van der Waals surface area contributed by atoms with Crippen molar-refractivity contribution in [3.63, 3.8) is 0 Å². The highest BCUT2D eigenvalue weighted by atomic mass is 16.5. The summed E-state index contributed by atoms with van der Waals surface area (Å²) in [5.74, 6) is 2.14. The largest absolute Gasteiger partial charge is 0.491 e. The molecular weight excluding hydrogens is 731 g/mol. The van der Waals surface area contributed by atoms with Gasteiger partial charge < -0.3 is 24.8 Å². The lowest BCUT2D eigenvalue weighted by Crippen LogP contribution is -2.51. The molecule has 13 nitrogen and oxygen atoms in total. The first-order valence-electron chi connectivity index (χ1n) is 21.3. The van der Waals surface area contributed by atoms with Gasteiger partial charge in [-0.05, 0) is 113 Å². The molecule has 4 fully saturated rings. The van der Waals surface area contributed by atoms with Gasteiger partial charge in [-0.3, -0.25) is 29.2 Å². The number of allylic oxidation sites excluding steroid dienone is 1. The normalized spacial score (nSPS) is 23.2. The average Bonchev–Trinajstić information content (AvgIpc) is 3.93. The van der Waals surface area contributed by atoms with E-state index in [4.69, 9.17) is 9.73 Å². The molecule has 3 aromatic rings. The first-order valence-corrected chi connectivity index (χ1v) is 21.3. The Hall–Kier alpha value is -5.14. The zero-order valence-electron chi connectivity index (χ0n) is 33.9. The lowest BCUT2D eigenvalue weighted by molar-refractivity contribution is -0.125. The Morgan fingerprint density at radius 2 is 1.60 bits per heavy atom. The quantitative estimate of drug-likeness (QED) is 0.272. The predicted octanol–water partition coefficient (Wildman–Crippen LogP) is 4.75. The van der Waals surface area contributed by atoms with Crippen LogP contribution < -0.4 is 19.9 Å². The molecule has 7 heterocycles. The monoisotopic (exact) mass is 785 g/mol. The number of hydrogen-bond acceptors (Lipinski definition) is 11. The van der Waals surface area contributed by atoms with Crippen molar-refractivity contribution in [3.8, 4) is 5.75 Å². The van der Waals surface area contributed by atoms with E-state index in [2.05, 4.69) is 59.7 Å². The number of imide groups is 1. The molecule has 304 valence electrons. The molecule has 0 bridgehead atoms. The minimum atomic E-state index is -0.790. The summed E-state index contributed by atoms with van der Waals surface area (Å²) in [5.41, 5.74) is 6.48. The third-order valence-electron chi connectivity index (χ3n) is 13.0. The molecular formula is C45H55N9O4. The predicted molar refractivity (Wildman–Crippen MR) is 224 cm³/mol.